The molecule has 0 aliphatic rings. The summed E-state index contributed by atoms with van der Waals surface area (Å²) in [6.45, 7) is 12.4. The molecular weight excluding hydrogens is 412 g/mol. The Bertz CT molecular complexity index is 819. The largest absolute Gasteiger partial charge is 0.464 e. The fourth-order valence-electron chi connectivity index (χ4n) is 4.42. The standard InChI is InChI=1S/C27H42N4O2/c1-6-11-24(12-7-2)31(16-8-3)26-14-13-22(21(9-4)15-17-32)18-25(26)30-23-19-28-27(29-20-23)33-10-5/h13-14,17-21,24,30H,6-12,15-16H2,1-5H3. The Balaban J connectivity index is 2.50. The molecule has 6 nitrogen and oxygen atoms in total. The van der Waals surface area contributed by atoms with Crippen LogP contribution >= 0.6 is 0 Å². The number of nitrogens with one attached hydrogen (secondary N) is 1. The van der Waals surface area contributed by atoms with Crippen LogP contribution in [0.1, 0.15) is 91.0 Å². The molecular formula is C27H42N4O2. The highest BCUT2D eigenvalue weighted by atomic mass is 16.5. The topological polar surface area (TPSA) is 67.4 Å². The second-order valence-corrected chi connectivity index (χ2v) is 8.52. The predicted molar refractivity (Wildman–Crippen MR) is 138 cm³/mol. The van der Waals surface area contributed by atoms with Crippen LogP contribution in [0.25, 0.3) is 0 Å². The first-order valence-electron chi connectivity index (χ1n) is 12.7. The predicted octanol–water partition coefficient (Wildman–Crippen LogP) is 6.89. The Kier molecular flexibility index (Phi) is 11.7. The van der Waals surface area contributed by atoms with E-state index in [-0.39, 0.29) is 5.92 Å². The zero-order valence-corrected chi connectivity index (χ0v) is 21.1. The number of carbonyl (C=O) groups is 1. The van der Waals surface area contributed by atoms with Crippen molar-refractivity contribution in [3.8, 4) is 6.01 Å². The van der Waals surface area contributed by atoms with Gasteiger partial charge in [0.25, 0.3) is 0 Å². The monoisotopic (exact) mass is 454 g/mol. The minimum absolute atomic E-state index is 0.218. The number of aromatic nitrogens is 2. The smallest absolute Gasteiger partial charge is 0.316 e. The van der Waals surface area contributed by atoms with Gasteiger partial charge in [-0.2, -0.15) is 0 Å². The van der Waals surface area contributed by atoms with Gasteiger partial charge in [0, 0.05) is 19.0 Å². The molecule has 1 aromatic heterocycles. The van der Waals surface area contributed by atoms with Gasteiger partial charge in [-0.25, -0.2) is 9.97 Å². The average molecular weight is 455 g/mol. The van der Waals surface area contributed by atoms with Gasteiger partial charge >= 0.3 is 6.01 Å². The van der Waals surface area contributed by atoms with E-state index < -0.39 is 0 Å². The lowest BCUT2D eigenvalue weighted by molar-refractivity contribution is -0.108. The van der Waals surface area contributed by atoms with Gasteiger partial charge in [0.1, 0.15) is 6.29 Å². The van der Waals surface area contributed by atoms with Crippen LogP contribution < -0.4 is 15.0 Å². The van der Waals surface area contributed by atoms with Crippen LogP contribution in [-0.2, 0) is 4.79 Å². The van der Waals surface area contributed by atoms with Crippen LogP contribution in [0.3, 0.4) is 0 Å². The van der Waals surface area contributed by atoms with Gasteiger partial charge in [0.05, 0.1) is 36.1 Å². The van der Waals surface area contributed by atoms with Crippen molar-refractivity contribution in [2.45, 2.75) is 91.5 Å². The van der Waals surface area contributed by atoms with E-state index in [1.54, 1.807) is 12.4 Å². The van der Waals surface area contributed by atoms with Crippen molar-refractivity contribution in [2.24, 2.45) is 0 Å². The number of carbonyl (C=O) groups excluding carboxylic acids is 1. The highest BCUT2D eigenvalue weighted by molar-refractivity contribution is 5.76. The van der Waals surface area contributed by atoms with Crippen LogP contribution in [0.15, 0.2) is 30.6 Å². The molecule has 1 atom stereocenters. The zero-order valence-electron chi connectivity index (χ0n) is 21.1. The molecule has 6 heteroatoms. The molecule has 0 bridgehead atoms. The number of hydrogen-bond acceptors (Lipinski definition) is 6. The van der Waals surface area contributed by atoms with Crippen LogP contribution in [0, 0.1) is 0 Å². The van der Waals surface area contributed by atoms with Gasteiger partial charge in [0.2, 0.25) is 0 Å². The summed E-state index contributed by atoms with van der Waals surface area (Å²) in [6.07, 6.45) is 11.8. The molecule has 0 saturated heterocycles. The first kappa shape index (κ1) is 26.6. The van der Waals surface area contributed by atoms with E-state index in [9.17, 15) is 4.79 Å². The maximum absolute atomic E-state index is 11.2. The van der Waals surface area contributed by atoms with Crippen molar-refractivity contribution >= 4 is 23.3 Å². The Morgan fingerprint density at radius 3 is 2.27 bits per heavy atom. The van der Waals surface area contributed by atoms with Gasteiger partial charge in [-0.1, -0.05) is 46.6 Å². The minimum atomic E-state index is 0.218. The molecule has 1 heterocycles. The fraction of sp³-hybridized carbons (Fsp3) is 0.593. The highest BCUT2D eigenvalue weighted by Gasteiger charge is 2.21. The van der Waals surface area contributed by atoms with E-state index in [4.69, 9.17) is 4.74 Å². The van der Waals surface area contributed by atoms with E-state index in [2.05, 4.69) is 66.1 Å². The van der Waals surface area contributed by atoms with Crippen LogP contribution in [0.2, 0.25) is 0 Å². The summed E-state index contributed by atoms with van der Waals surface area (Å²) in [4.78, 5) is 22.4. The molecule has 0 fully saturated rings. The van der Waals surface area contributed by atoms with Crippen molar-refractivity contribution in [1.82, 2.24) is 9.97 Å². The molecule has 0 spiro atoms. The number of rotatable bonds is 16. The van der Waals surface area contributed by atoms with Gasteiger partial charge in [-0.05, 0) is 56.2 Å². The van der Waals surface area contributed by atoms with Gasteiger partial charge in [0.15, 0.2) is 0 Å². The third-order valence-corrected chi connectivity index (χ3v) is 6.00. The van der Waals surface area contributed by atoms with Crippen molar-refractivity contribution in [3.63, 3.8) is 0 Å². The second kappa shape index (κ2) is 14.5. The molecule has 0 saturated carbocycles. The van der Waals surface area contributed by atoms with Crippen LogP contribution in [0.5, 0.6) is 6.01 Å². The summed E-state index contributed by atoms with van der Waals surface area (Å²) in [5, 5.41) is 3.57. The maximum Gasteiger partial charge on any atom is 0.316 e. The van der Waals surface area contributed by atoms with Gasteiger partial charge in [-0.15, -0.1) is 0 Å². The number of hydrogen-bond donors (Lipinski definition) is 1. The number of ether oxygens (including phenoxy) is 1. The first-order chi connectivity index (χ1) is 16.1. The summed E-state index contributed by atoms with van der Waals surface area (Å²) >= 11 is 0. The molecule has 1 N–H and O–H groups in total. The van der Waals surface area contributed by atoms with Gasteiger partial charge in [-0.3, -0.25) is 0 Å². The molecule has 182 valence electrons. The van der Waals surface area contributed by atoms with Crippen molar-refractivity contribution in [1.29, 1.82) is 0 Å². The third kappa shape index (κ3) is 7.72. The van der Waals surface area contributed by atoms with E-state index in [1.807, 2.05) is 6.92 Å². The van der Waals surface area contributed by atoms with Crippen LogP contribution in [0.4, 0.5) is 17.1 Å². The normalized spacial score (nSPS) is 11.9. The van der Waals surface area contributed by atoms with Crippen molar-refractivity contribution in [3.05, 3.63) is 36.2 Å². The lowest BCUT2D eigenvalue weighted by atomic mass is 9.92. The summed E-state index contributed by atoms with van der Waals surface area (Å²) in [6, 6.07) is 7.52. The Morgan fingerprint density at radius 2 is 1.73 bits per heavy atom. The Hall–Kier alpha value is -2.63. The molecule has 2 aromatic rings. The molecule has 0 aliphatic carbocycles. The summed E-state index contributed by atoms with van der Waals surface area (Å²) in [7, 11) is 0. The summed E-state index contributed by atoms with van der Waals surface area (Å²) in [5.74, 6) is 0.218. The lowest BCUT2D eigenvalue weighted by Crippen LogP contribution is -2.36. The number of anilines is 3. The molecule has 0 amide bonds. The zero-order chi connectivity index (χ0) is 24.1. The Morgan fingerprint density at radius 1 is 1.03 bits per heavy atom. The molecule has 1 aromatic carbocycles. The molecule has 33 heavy (non-hydrogen) atoms. The Labute approximate surface area is 200 Å². The lowest BCUT2D eigenvalue weighted by Gasteiger charge is -2.35. The number of aldehydes is 1. The van der Waals surface area contributed by atoms with E-state index in [0.717, 1.165) is 49.9 Å². The molecule has 0 aliphatic heterocycles. The molecule has 2 rings (SSSR count). The van der Waals surface area contributed by atoms with Crippen molar-refractivity contribution in [2.75, 3.05) is 23.4 Å². The van der Waals surface area contributed by atoms with E-state index >= 15 is 0 Å². The number of nitrogens with zero attached hydrogens (tertiary/aromatic N) is 3. The van der Waals surface area contributed by atoms with Crippen molar-refractivity contribution < 1.29 is 9.53 Å². The fourth-order valence-corrected chi connectivity index (χ4v) is 4.42. The van der Waals surface area contributed by atoms with Crippen LogP contribution in [-0.4, -0.2) is 35.4 Å². The van der Waals surface area contributed by atoms with E-state index in [1.165, 1.54) is 24.1 Å². The maximum atomic E-state index is 11.2. The summed E-state index contributed by atoms with van der Waals surface area (Å²) in [5.41, 5.74) is 4.23. The first-order valence-corrected chi connectivity index (χ1v) is 12.7. The quantitative estimate of drug-likeness (QED) is 0.279. The average Bonchev–Trinajstić information content (AvgIpc) is 2.82. The second-order valence-electron chi connectivity index (χ2n) is 8.52. The molecule has 1 unspecified atom stereocenters. The van der Waals surface area contributed by atoms with Gasteiger partial charge < -0.3 is 19.7 Å². The molecule has 0 radical (unpaired) electrons. The minimum Gasteiger partial charge on any atom is -0.464 e. The summed E-state index contributed by atoms with van der Waals surface area (Å²) < 4.78 is 5.39. The van der Waals surface area contributed by atoms with E-state index in [0.29, 0.717) is 25.1 Å². The highest BCUT2D eigenvalue weighted by Crippen LogP contribution is 2.36. The SMILES string of the molecule is CCCC(CCC)N(CCC)c1ccc(C(CC)CC=O)cc1Nc1cnc(OCC)nc1. The third-order valence-electron chi connectivity index (χ3n) is 6.00. The number of benzene rings is 1.